The van der Waals surface area contributed by atoms with Gasteiger partial charge in [-0.25, -0.2) is 0 Å². The number of hydrogen-bond donors (Lipinski definition) is 1. The molecule has 0 saturated carbocycles. The van der Waals surface area contributed by atoms with Gasteiger partial charge in [0.25, 0.3) is 0 Å². The summed E-state index contributed by atoms with van der Waals surface area (Å²) >= 11 is 1.35. The van der Waals surface area contributed by atoms with Crippen molar-refractivity contribution in [1.82, 2.24) is 19.7 Å². The third-order valence-electron chi connectivity index (χ3n) is 3.65. The minimum Gasteiger partial charge on any atom is -0.325 e. The van der Waals surface area contributed by atoms with Gasteiger partial charge in [-0.2, -0.15) is 0 Å². The number of carbonyl (C=O) groups excluding carboxylic acids is 1. The molecule has 3 aromatic rings. The molecule has 0 unspecified atom stereocenters. The van der Waals surface area contributed by atoms with Gasteiger partial charge in [-0.05, 0) is 35.7 Å². The number of thioether (sulfide) groups is 1. The standard InChI is InChI=1S/C18H19N5OS/c1-13(2)14-3-5-16(6-4-14)23-12-20-22-18(23)25-11-17(24)21-15-7-9-19-10-8-15/h3-10,12-13H,11H2,1-2H3,(H,19,21,24). The highest BCUT2D eigenvalue weighted by atomic mass is 32.2. The molecule has 0 aliphatic rings. The molecule has 7 heteroatoms. The smallest absolute Gasteiger partial charge is 0.234 e. The van der Waals surface area contributed by atoms with Crippen molar-refractivity contribution in [3.63, 3.8) is 0 Å². The van der Waals surface area contributed by atoms with Crippen LogP contribution >= 0.6 is 11.8 Å². The Kier molecular flexibility index (Phi) is 5.45. The normalized spacial score (nSPS) is 10.8. The van der Waals surface area contributed by atoms with Crippen molar-refractivity contribution >= 4 is 23.4 Å². The molecule has 1 N–H and O–H groups in total. The Morgan fingerprint density at radius 1 is 1.16 bits per heavy atom. The zero-order chi connectivity index (χ0) is 17.6. The number of rotatable bonds is 6. The lowest BCUT2D eigenvalue weighted by Crippen LogP contribution is -2.14. The van der Waals surface area contributed by atoms with Gasteiger partial charge in [0.2, 0.25) is 5.91 Å². The zero-order valence-electron chi connectivity index (χ0n) is 14.1. The molecular formula is C18H19N5OS. The Bertz CT molecular complexity index is 830. The van der Waals surface area contributed by atoms with Crippen LogP contribution in [0.1, 0.15) is 25.3 Å². The summed E-state index contributed by atoms with van der Waals surface area (Å²) < 4.78 is 1.88. The molecule has 0 fully saturated rings. The summed E-state index contributed by atoms with van der Waals surface area (Å²) in [6, 6.07) is 11.8. The number of benzene rings is 1. The number of amides is 1. The lowest BCUT2D eigenvalue weighted by molar-refractivity contribution is -0.113. The fraction of sp³-hybridized carbons (Fsp3) is 0.222. The number of hydrogen-bond acceptors (Lipinski definition) is 5. The summed E-state index contributed by atoms with van der Waals surface area (Å²) in [5.74, 6) is 0.645. The molecule has 0 atom stereocenters. The minimum atomic E-state index is -0.0964. The second-order valence-electron chi connectivity index (χ2n) is 5.80. The second kappa shape index (κ2) is 7.94. The van der Waals surface area contributed by atoms with E-state index in [1.807, 2.05) is 16.7 Å². The molecule has 0 spiro atoms. The van der Waals surface area contributed by atoms with Crippen LogP contribution in [-0.4, -0.2) is 31.4 Å². The number of carbonyl (C=O) groups is 1. The molecule has 1 amide bonds. The first-order valence-electron chi connectivity index (χ1n) is 7.96. The molecule has 3 rings (SSSR count). The summed E-state index contributed by atoms with van der Waals surface area (Å²) in [6.45, 7) is 4.33. The topological polar surface area (TPSA) is 72.7 Å². The van der Waals surface area contributed by atoms with E-state index in [-0.39, 0.29) is 11.7 Å². The lowest BCUT2D eigenvalue weighted by Gasteiger charge is -2.09. The van der Waals surface area contributed by atoms with Gasteiger partial charge >= 0.3 is 0 Å². The largest absolute Gasteiger partial charge is 0.325 e. The highest BCUT2D eigenvalue weighted by Crippen LogP contribution is 2.22. The van der Waals surface area contributed by atoms with E-state index in [0.717, 1.165) is 11.4 Å². The van der Waals surface area contributed by atoms with Crippen LogP contribution in [0.2, 0.25) is 0 Å². The fourth-order valence-electron chi connectivity index (χ4n) is 2.28. The van der Waals surface area contributed by atoms with Crippen LogP contribution in [0.5, 0.6) is 0 Å². The first-order valence-corrected chi connectivity index (χ1v) is 8.95. The molecule has 25 heavy (non-hydrogen) atoms. The third kappa shape index (κ3) is 4.45. The Balaban J connectivity index is 1.64. The van der Waals surface area contributed by atoms with Crippen molar-refractivity contribution in [3.05, 3.63) is 60.7 Å². The maximum atomic E-state index is 12.1. The number of aromatic nitrogens is 4. The van der Waals surface area contributed by atoms with Crippen molar-refractivity contribution < 1.29 is 4.79 Å². The summed E-state index contributed by atoms with van der Waals surface area (Å²) in [7, 11) is 0. The Labute approximate surface area is 150 Å². The van der Waals surface area contributed by atoms with Crippen LogP contribution in [0.4, 0.5) is 5.69 Å². The fourth-order valence-corrected chi connectivity index (χ4v) is 3.01. The van der Waals surface area contributed by atoms with E-state index >= 15 is 0 Å². The molecule has 0 aliphatic heterocycles. The van der Waals surface area contributed by atoms with Gasteiger partial charge in [0.1, 0.15) is 6.33 Å². The second-order valence-corrected chi connectivity index (χ2v) is 6.74. The van der Waals surface area contributed by atoms with Gasteiger partial charge in [-0.3, -0.25) is 14.3 Å². The quantitative estimate of drug-likeness (QED) is 0.687. The number of nitrogens with zero attached hydrogens (tertiary/aromatic N) is 4. The van der Waals surface area contributed by atoms with E-state index < -0.39 is 0 Å². The van der Waals surface area contributed by atoms with E-state index in [2.05, 4.69) is 46.5 Å². The van der Waals surface area contributed by atoms with Gasteiger partial charge in [0.15, 0.2) is 5.16 Å². The summed E-state index contributed by atoms with van der Waals surface area (Å²) in [5.41, 5.74) is 2.99. The van der Waals surface area contributed by atoms with Crippen molar-refractivity contribution in [2.75, 3.05) is 11.1 Å². The van der Waals surface area contributed by atoms with Crippen LogP contribution in [-0.2, 0) is 4.79 Å². The lowest BCUT2D eigenvalue weighted by atomic mass is 10.0. The molecule has 128 valence electrons. The van der Waals surface area contributed by atoms with E-state index in [0.29, 0.717) is 11.1 Å². The molecule has 0 radical (unpaired) electrons. The number of anilines is 1. The average Bonchev–Trinajstić information content (AvgIpc) is 3.09. The maximum absolute atomic E-state index is 12.1. The van der Waals surface area contributed by atoms with E-state index in [9.17, 15) is 4.79 Å². The molecule has 6 nitrogen and oxygen atoms in total. The van der Waals surface area contributed by atoms with Crippen LogP contribution in [0.3, 0.4) is 0 Å². The Morgan fingerprint density at radius 2 is 1.88 bits per heavy atom. The molecule has 1 aromatic carbocycles. The van der Waals surface area contributed by atoms with Gasteiger partial charge in [0, 0.05) is 23.8 Å². The highest BCUT2D eigenvalue weighted by molar-refractivity contribution is 7.99. The molecule has 2 aromatic heterocycles. The predicted octanol–water partition coefficient (Wildman–Crippen LogP) is 3.52. The summed E-state index contributed by atoms with van der Waals surface area (Å²) in [4.78, 5) is 16.0. The molecule has 0 bridgehead atoms. The Hall–Kier alpha value is -2.67. The van der Waals surface area contributed by atoms with Crippen molar-refractivity contribution in [2.45, 2.75) is 24.9 Å². The van der Waals surface area contributed by atoms with Crippen LogP contribution in [0.25, 0.3) is 5.69 Å². The van der Waals surface area contributed by atoms with Gasteiger partial charge < -0.3 is 5.32 Å². The maximum Gasteiger partial charge on any atom is 0.234 e. The van der Waals surface area contributed by atoms with Crippen molar-refractivity contribution in [2.24, 2.45) is 0 Å². The predicted molar refractivity (Wildman–Crippen MR) is 99.0 cm³/mol. The summed E-state index contributed by atoms with van der Waals surface area (Å²) in [6.07, 6.45) is 4.94. The first kappa shape index (κ1) is 17.2. The molecule has 0 saturated heterocycles. The third-order valence-corrected chi connectivity index (χ3v) is 4.59. The monoisotopic (exact) mass is 353 g/mol. The van der Waals surface area contributed by atoms with Crippen LogP contribution < -0.4 is 5.32 Å². The van der Waals surface area contributed by atoms with E-state index in [1.165, 1.54) is 17.3 Å². The SMILES string of the molecule is CC(C)c1ccc(-n2cnnc2SCC(=O)Nc2ccncc2)cc1. The first-order chi connectivity index (χ1) is 12.1. The van der Waals surface area contributed by atoms with Crippen molar-refractivity contribution in [3.8, 4) is 5.69 Å². The van der Waals surface area contributed by atoms with Gasteiger partial charge in [0.05, 0.1) is 5.75 Å². The molecular weight excluding hydrogens is 334 g/mol. The van der Waals surface area contributed by atoms with E-state index in [1.54, 1.807) is 30.9 Å². The minimum absolute atomic E-state index is 0.0964. The molecule has 0 aliphatic carbocycles. The van der Waals surface area contributed by atoms with Crippen LogP contribution in [0.15, 0.2) is 60.3 Å². The molecule has 2 heterocycles. The zero-order valence-corrected chi connectivity index (χ0v) is 14.9. The Morgan fingerprint density at radius 3 is 2.56 bits per heavy atom. The summed E-state index contributed by atoms with van der Waals surface area (Å²) in [5, 5.41) is 11.6. The van der Waals surface area contributed by atoms with E-state index in [4.69, 9.17) is 0 Å². The van der Waals surface area contributed by atoms with Gasteiger partial charge in [-0.15, -0.1) is 10.2 Å². The van der Waals surface area contributed by atoms with Crippen LogP contribution in [0, 0.1) is 0 Å². The van der Waals surface area contributed by atoms with Crippen molar-refractivity contribution in [1.29, 1.82) is 0 Å². The number of pyridine rings is 1. The average molecular weight is 353 g/mol. The highest BCUT2D eigenvalue weighted by Gasteiger charge is 2.11. The van der Waals surface area contributed by atoms with Gasteiger partial charge in [-0.1, -0.05) is 37.7 Å². The number of nitrogens with one attached hydrogen (secondary N) is 1.